The number of unbranched alkanes of at least 4 members (excludes halogenated alkanes) is 1. The quantitative estimate of drug-likeness (QED) is 0.456. The number of nitrogens with zero attached hydrogens (tertiary/aromatic N) is 1. The first-order valence-electron chi connectivity index (χ1n) is 5.21. The van der Waals surface area contributed by atoms with Crippen LogP contribution in [0.25, 0.3) is 0 Å². The Labute approximate surface area is 95.4 Å². The lowest BCUT2D eigenvalue weighted by molar-refractivity contribution is -0.114. The minimum Gasteiger partial charge on any atom is -0.508 e. The van der Waals surface area contributed by atoms with Crippen molar-refractivity contribution in [3.8, 4) is 5.75 Å². The average Bonchev–Trinajstić information content (AvgIpc) is 2.26. The van der Waals surface area contributed by atoms with Gasteiger partial charge in [0.2, 0.25) is 6.41 Å². The predicted octanol–water partition coefficient (Wildman–Crippen LogP) is 2.27. The Kier molecular flexibility index (Phi) is 4.79. The number of hydrogen-bond donors (Lipinski definition) is 1. The fourth-order valence-corrected chi connectivity index (χ4v) is 1.25. The minimum atomic E-state index is 0.119. The van der Waals surface area contributed by atoms with Crippen molar-refractivity contribution in [2.24, 2.45) is 0 Å². The third-order valence-corrected chi connectivity index (χ3v) is 2.12. The third-order valence-electron chi connectivity index (χ3n) is 2.12. The topological polar surface area (TPSA) is 49.8 Å². The summed E-state index contributed by atoms with van der Waals surface area (Å²) < 4.78 is 0. The summed E-state index contributed by atoms with van der Waals surface area (Å²) in [5.74, 6) is 0.119. The van der Waals surface area contributed by atoms with Crippen LogP contribution in [0.15, 0.2) is 18.2 Å². The highest BCUT2D eigenvalue weighted by Gasteiger charge is 2.09. The van der Waals surface area contributed by atoms with Gasteiger partial charge >= 0.3 is 0 Å². The summed E-state index contributed by atoms with van der Waals surface area (Å²) in [6.45, 7) is 6.26. The molecule has 0 fully saturated rings. The summed E-state index contributed by atoms with van der Waals surface area (Å²) in [6.07, 6.45) is 2.48. The minimum absolute atomic E-state index is 0.119. The zero-order valence-corrected chi connectivity index (χ0v) is 9.35. The Balaban J connectivity index is 2.74. The van der Waals surface area contributed by atoms with Crippen molar-refractivity contribution in [2.75, 3.05) is 11.7 Å². The van der Waals surface area contributed by atoms with E-state index in [0.29, 0.717) is 24.3 Å². The smallest absolute Gasteiger partial charge is 0.238 e. The molecule has 0 heterocycles. The van der Waals surface area contributed by atoms with Gasteiger partial charge in [-0.1, -0.05) is 13.3 Å². The van der Waals surface area contributed by atoms with Gasteiger partial charge in [0.05, 0.1) is 12.3 Å². The number of carbonyl (C=O) groups is 1. The van der Waals surface area contributed by atoms with E-state index in [9.17, 15) is 9.90 Å². The Morgan fingerprint density at radius 1 is 1.56 bits per heavy atom. The van der Waals surface area contributed by atoms with Gasteiger partial charge in [-0.05, 0) is 37.1 Å². The van der Waals surface area contributed by atoms with Crippen molar-refractivity contribution in [3.63, 3.8) is 0 Å². The molecule has 1 amide bonds. The van der Waals surface area contributed by atoms with Gasteiger partial charge in [0.15, 0.2) is 0 Å². The van der Waals surface area contributed by atoms with E-state index in [1.807, 2.05) is 6.92 Å². The van der Waals surface area contributed by atoms with Crippen LogP contribution < -0.4 is 5.06 Å². The standard InChI is InChI=1S/C12H16NO3/c1-3-4-7-16-13(9-14)12-6-5-11(15)8-10(12)2/h5-6,8-9,15H,2-4,7H2,1H3. The van der Waals surface area contributed by atoms with Crippen molar-refractivity contribution in [3.05, 3.63) is 30.7 Å². The van der Waals surface area contributed by atoms with Crippen LogP contribution in [0.1, 0.15) is 25.3 Å². The number of carbonyl (C=O) groups excluding carboxylic acids is 1. The van der Waals surface area contributed by atoms with E-state index >= 15 is 0 Å². The Morgan fingerprint density at radius 2 is 2.31 bits per heavy atom. The number of hydrogen-bond acceptors (Lipinski definition) is 3. The molecule has 4 heteroatoms. The highest BCUT2D eigenvalue weighted by Crippen LogP contribution is 2.23. The van der Waals surface area contributed by atoms with E-state index in [-0.39, 0.29) is 5.75 Å². The number of phenolic OH excluding ortho intramolecular Hbond substituents is 1. The number of aromatic hydroxyl groups is 1. The van der Waals surface area contributed by atoms with Crippen LogP contribution in [0.5, 0.6) is 5.75 Å². The molecule has 16 heavy (non-hydrogen) atoms. The molecule has 1 radical (unpaired) electrons. The van der Waals surface area contributed by atoms with Crippen LogP contribution in [0.3, 0.4) is 0 Å². The van der Waals surface area contributed by atoms with Crippen molar-refractivity contribution in [1.82, 2.24) is 0 Å². The number of anilines is 1. The fraction of sp³-hybridized carbons (Fsp3) is 0.333. The Morgan fingerprint density at radius 3 is 2.88 bits per heavy atom. The molecule has 0 spiro atoms. The number of benzene rings is 1. The van der Waals surface area contributed by atoms with E-state index in [2.05, 4.69) is 6.92 Å². The van der Waals surface area contributed by atoms with Crippen LogP contribution in [0, 0.1) is 6.92 Å². The van der Waals surface area contributed by atoms with Crippen LogP contribution in [0.2, 0.25) is 0 Å². The van der Waals surface area contributed by atoms with Gasteiger partial charge in [0.25, 0.3) is 0 Å². The first-order valence-corrected chi connectivity index (χ1v) is 5.21. The second-order valence-electron chi connectivity index (χ2n) is 3.43. The van der Waals surface area contributed by atoms with E-state index < -0.39 is 0 Å². The number of phenols is 1. The maximum atomic E-state index is 10.8. The maximum Gasteiger partial charge on any atom is 0.238 e. The Bertz CT molecular complexity index is 352. The normalized spacial score (nSPS) is 10.1. The predicted molar refractivity (Wildman–Crippen MR) is 62.0 cm³/mol. The lowest BCUT2D eigenvalue weighted by atomic mass is 10.2. The first kappa shape index (κ1) is 12.5. The number of amides is 1. The third kappa shape index (κ3) is 3.24. The van der Waals surface area contributed by atoms with Crippen LogP contribution in [0.4, 0.5) is 5.69 Å². The molecule has 0 atom stereocenters. The molecular weight excluding hydrogens is 206 g/mol. The molecule has 1 N–H and O–H groups in total. The summed E-state index contributed by atoms with van der Waals surface area (Å²) in [6, 6.07) is 4.57. The molecule has 4 nitrogen and oxygen atoms in total. The molecule has 1 aromatic rings. The molecule has 0 aliphatic carbocycles. The molecule has 0 aliphatic rings. The van der Waals surface area contributed by atoms with Gasteiger partial charge in [0.1, 0.15) is 5.75 Å². The van der Waals surface area contributed by atoms with Crippen LogP contribution in [-0.2, 0) is 9.63 Å². The summed E-state index contributed by atoms with van der Waals surface area (Å²) >= 11 is 0. The molecule has 0 saturated heterocycles. The molecule has 1 aromatic carbocycles. The maximum absolute atomic E-state index is 10.8. The summed E-state index contributed by atoms with van der Waals surface area (Å²) in [5, 5.41) is 10.4. The summed E-state index contributed by atoms with van der Waals surface area (Å²) in [4.78, 5) is 16.1. The van der Waals surface area contributed by atoms with Crippen molar-refractivity contribution >= 4 is 12.1 Å². The second kappa shape index (κ2) is 6.12. The lowest BCUT2D eigenvalue weighted by Gasteiger charge is -2.18. The average molecular weight is 222 g/mol. The molecule has 87 valence electrons. The van der Waals surface area contributed by atoms with Crippen LogP contribution in [-0.4, -0.2) is 18.1 Å². The van der Waals surface area contributed by atoms with Crippen molar-refractivity contribution < 1.29 is 14.7 Å². The summed E-state index contributed by atoms with van der Waals surface area (Å²) in [5.41, 5.74) is 1.09. The van der Waals surface area contributed by atoms with Gasteiger partial charge in [0, 0.05) is 0 Å². The molecule has 0 saturated carbocycles. The Hall–Kier alpha value is -1.55. The molecule has 0 aliphatic heterocycles. The zero-order valence-electron chi connectivity index (χ0n) is 9.35. The molecular formula is C12H16NO3. The van der Waals surface area contributed by atoms with Gasteiger partial charge < -0.3 is 5.11 Å². The monoisotopic (exact) mass is 222 g/mol. The van der Waals surface area contributed by atoms with Gasteiger partial charge in [-0.25, -0.2) is 0 Å². The van der Waals surface area contributed by atoms with Gasteiger partial charge in [-0.3, -0.25) is 9.63 Å². The van der Waals surface area contributed by atoms with E-state index in [0.717, 1.165) is 17.9 Å². The van der Waals surface area contributed by atoms with Gasteiger partial charge in [-0.2, -0.15) is 5.06 Å². The number of rotatable bonds is 6. The van der Waals surface area contributed by atoms with Crippen molar-refractivity contribution in [1.29, 1.82) is 0 Å². The molecule has 0 unspecified atom stereocenters. The fourth-order valence-electron chi connectivity index (χ4n) is 1.25. The molecule has 0 bridgehead atoms. The molecule has 0 aromatic heterocycles. The van der Waals surface area contributed by atoms with E-state index in [1.165, 1.54) is 12.1 Å². The van der Waals surface area contributed by atoms with E-state index in [4.69, 9.17) is 4.84 Å². The highest BCUT2D eigenvalue weighted by molar-refractivity contribution is 5.75. The van der Waals surface area contributed by atoms with Gasteiger partial charge in [-0.15, -0.1) is 0 Å². The van der Waals surface area contributed by atoms with E-state index in [1.54, 1.807) is 6.07 Å². The largest absolute Gasteiger partial charge is 0.508 e. The van der Waals surface area contributed by atoms with Crippen LogP contribution >= 0.6 is 0 Å². The highest BCUT2D eigenvalue weighted by atomic mass is 16.7. The zero-order chi connectivity index (χ0) is 12.0. The van der Waals surface area contributed by atoms with Crippen molar-refractivity contribution in [2.45, 2.75) is 19.8 Å². The number of hydroxylamine groups is 1. The SMILES string of the molecule is [CH2]c1cc(O)ccc1N(C=O)OCCCC. The lowest BCUT2D eigenvalue weighted by Crippen LogP contribution is -2.22. The summed E-state index contributed by atoms with van der Waals surface area (Å²) in [7, 11) is 0. The first-order chi connectivity index (χ1) is 7.69. The molecule has 1 rings (SSSR count). The second-order valence-corrected chi connectivity index (χ2v) is 3.43.